The number of nitrogens with two attached hydrogens (primary N) is 1. The number of nitrogens with one attached hydrogen (secondary N) is 1. The van der Waals surface area contributed by atoms with Gasteiger partial charge in [-0.1, -0.05) is 13.8 Å². The van der Waals surface area contributed by atoms with Gasteiger partial charge in [0.05, 0.1) is 5.56 Å². The number of hydrogen-bond donors (Lipinski definition) is 2. The number of hydrogen-bond acceptors (Lipinski definition) is 4. The molecule has 0 saturated carbocycles. The molecule has 32 heavy (non-hydrogen) atoms. The van der Waals surface area contributed by atoms with Crippen molar-refractivity contribution < 1.29 is 9.59 Å². The van der Waals surface area contributed by atoms with E-state index in [-0.39, 0.29) is 11.2 Å². The molecule has 1 fully saturated rings. The molecular formula is C26H34N4O2. The number of anilines is 1. The van der Waals surface area contributed by atoms with Crippen LogP contribution in [0.3, 0.4) is 0 Å². The summed E-state index contributed by atoms with van der Waals surface area (Å²) in [4.78, 5) is 27.9. The fourth-order valence-electron chi connectivity index (χ4n) is 6.03. The van der Waals surface area contributed by atoms with Crippen LogP contribution in [-0.4, -0.2) is 47.3 Å². The summed E-state index contributed by atoms with van der Waals surface area (Å²) in [5.74, 6) is 0.412. The van der Waals surface area contributed by atoms with Crippen molar-refractivity contribution in [3.8, 4) is 5.69 Å². The maximum Gasteiger partial charge on any atom is 0.250 e. The van der Waals surface area contributed by atoms with E-state index in [1.807, 2.05) is 12.1 Å². The summed E-state index contributed by atoms with van der Waals surface area (Å²) in [6, 6.07) is 5.87. The molecule has 1 aliphatic carbocycles. The van der Waals surface area contributed by atoms with Crippen LogP contribution in [0.15, 0.2) is 18.2 Å². The maximum atomic E-state index is 13.2. The largest absolute Gasteiger partial charge is 0.384 e. The number of benzene rings is 1. The van der Waals surface area contributed by atoms with Crippen LogP contribution in [0.25, 0.3) is 5.69 Å². The summed E-state index contributed by atoms with van der Waals surface area (Å²) in [5.41, 5.74) is 12.4. The van der Waals surface area contributed by atoms with Crippen molar-refractivity contribution in [1.29, 1.82) is 0 Å². The topological polar surface area (TPSA) is 80.4 Å². The SMILES string of the molecule is Cc1c2c(n3c1CCCN1CC[C@@H](CNc4cc-3ccc4C(N)=O)C1)CC(C)(C)CC2=O. The molecule has 2 aromatic rings. The monoisotopic (exact) mass is 434 g/mol. The Hall–Kier alpha value is -2.60. The molecule has 3 heterocycles. The van der Waals surface area contributed by atoms with Crippen molar-refractivity contribution in [2.45, 2.75) is 52.9 Å². The van der Waals surface area contributed by atoms with Gasteiger partial charge in [-0.15, -0.1) is 0 Å². The van der Waals surface area contributed by atoms with Crippen LogP contribution in [0.2, 0.25) is 0 Å². The fraction of sp³-hybridized carbons (Fsp3) is 0.538. The lowest BCUT2D eigenvalue weighted by Gasteiger charge is -2.30. The molecule has 6 nitrogen and oxygen atoms in total. The number of carbonyl (C=O) groups excluding carboxylic acids is 2. The zero-order valence-electron chi connectivity index (χ0n) is 19.5. The Morgan fingerprint density at radius 1 is 1.19 bits per heavy atom. The van der Waals surface area contributed by atoms with Crippen molar-refractivity contribution in [2.75, 3.05) is 31.5 Å². The first kappa shape index (κ1) is 21.3. The Bertz CT molecular complexity index is 1100. The fourth-order valence-corrected chi connectivity index (χ4v) is 6.03. The number of Topliss-reactive ketones (excluding diaryl/α,β-unsaturated/α-hetero) is 1. The molecular weight excluding hydrogens is 400 g/mol. The molecule has 170 valence electrons. The third kappa shape index (κ3) is 3.64. The third-order valence-electron chi connectivity index (χ3n) is 7.57. The Balaban J connectivity index is 1.70. The van der Waals surface area contributed by atoms with Gasteiger partial charge in [-0.3, -0.25) is 9.59 Å². The molecule has 1 aromatic carbocycles. The second kappa shape index (κ2) is 7.77. The van der Waals surface area contributed by atoms with E-state index in [1.54, 1.807) is 0 Å². The van der Waals surface area contributed by atoms with E-state index in [2.05, 4.69) is 41.6 Å². The second-order valence-electron chi connectivity index (χ2n) is 10.7. The minimum atomic E-state index is -0.418. The van der Waals surface area contributed by atoms with E-state index in [9.17, 15) is 9.59 Å². The maximum absolute atomic E-state index is 13.2. The Labute approximate surface area is 190 Å². The number of fused-ring (bicyclic) bond motifs is 8. The highest BCUT2D eigenvalue weighted by Crippen LogP contribution is 2.40. The van der Waals surface area contributed by atoms with Gasteiger partial charge in [-0.2, -0.15) is 0 Å². The average Bonchev–Trinajstić information content (AvgIpc) is 3.27. The van der Waals surface area contributed by atoms with E-state index < -0.39 is 5.91 Å². The quantitative estimate of drug-likeness (QED) is 0.717. The van der Waals surface area contributed by atoms with Crippen molar-refractivity contribution >= 4 is 17.4 Å². The third-order valence-corrected chi connectivity index (χ3v) is 7.57. The number of ketones is 1. The van der Waals surface area contributed by atoms with E-state index in [4.69, 9.17) is 5.73 Å². The summed E-state index contributed by atoms with van der Waals surface area (Å²) in [6.07, 6.45) is 4.64. The zero-order valence-corrected chi connectivity index (χ0v) is 19.5. The second-order valence-corrected chi connectivity index (χ2v) is 10.7. The number of primary amides is 1. The molecule has 1 unspecified atom stereocenters. The Morgan fingerprint density at radius 3 is 2.78 bits per heavy atom. The van der Waals surface area contributed by atoms with E-state index in [0.717, 1.165) is 73.6 Å². The Kier molecular flexibility index (Phi) is 5.16. The van der Waals surface area contributed by atoms with E-state index in [1.165, 1.54) is 12.1 Å². The van der Waals surface area contributed by atoms with Crippen LogP contribution in [0.4, 0.5) is 5.69 Å². The predicted octanol–water partition coefficient (Wildman–Crippen LogP) is 3.72. The molecule has 6 heteroatoms. The van der Waals surface area contributed by atoms with Crippen molar-refractivity contribution in [1.82, 2.24) is 9.47 Å². The van der Waals surface area contributed by atoms with Gasteiger partial charge in [0, 0.05) is 47.8 Å². The van der Waals surface area contributed by atoms with Gasteiger partial charge >= 0.3 is 0 Å². The first-order chi connectivity index (χ1) is 15.2. The van der Waals surface area contributed by atoms with Crippen molar-refractivity contribution in [3.63, 3.8) is 0 Å². The van der Waals surface area contributed by atoms with Gasteiger partial charge in [0.25, 0.3) is 5.91 Å². The van der Waals surface area contributed by atoms with Gasteiger partial charge in [-0.05, 0) is 80.8 Å². The summed E-state index contributed by atoms with van der Waals surface area (Å²) in [5, 5.41) is 3.54. The average molecular weight is 435 g/mol. The van der Waals surface area contributed by atoms with E-state index in [0.29, 0.717) is 17.9 Å². The normalized spacial score (nSPS) is 24.4. The van der Waals surface area contributed by atoms with Crippen LogP contribution in [0.5, 0.6) is 0 Å². The lowest BCUT2D eigenvalue weighted by atomic mass is 9.75. The molecule has 4 bridgehead atoms. The van der Waals surface area contributed by atoms with Crippen molar-refractivity contribution in [2.24, 2.45) is 17.1 Å². The first-order valence-corrected chi connectivity index (χ1v) is 11.9. The summed E-state index contributed by atoms with van der Waals surface area (Å²) in [6.45, 7) is 10.6. The standard InChI is InChI=1S/C26H34N4O2/c1-16-21-5-4-9-29-10-8-17(15-29)14-28-20-11-18(6-7-19(20)25(27)32)30(21)22-12-26(2,3)13-23(31)24(16)22/h6-7,11,17,28H,4-5,8-10,12-15H2,1-3H3,(H2,27,32)/t17-/m0/s1. The van der Waals surface area contributed by atoms with Crippen LogP contribution in [0, 0.1) is 18.3 Å². The molecule has 5 rings (SSSR count). The molecule has 0 spiro atoms. The molecule has 3 aliphatic rings. The predicted molar refractivity (Wildman–Crippen MR) is 127 cm³/mol. The van der Waals surface area contributed by atoms with Gasteiger partial charge < -0.3 is 20.5 Å². The highest BCUT2D eigenvalue weighted by atomic mass is 16.1. The molecule has 3 N–H and O–H groups in total. The lowest BCUT2D eigenvalue weighted by molar-refractivity contribution is 0.0909. The van der Waals surface area contributed by atoms with Crippen LogP contribution < -0.4 is 11.1 Å². The number of nitrogens with zero attached hydrogens (tertiary/aromatic N) is 2. The summed E-state index contributed by atoms with van der Waals surface area (Å²) < 4.78 is 2.31. The van der Waals surface area contributed by atoms with Crippen LogP contribution >= 0.6 is 0 Å². The molecule has 2 aliphatic heterocycles. The van der Waals surface area contributed by atoms with Gasteiger partial charge in [0.2, 0.25) is 0 Å². The minimum Gasteiger partial charge on any atom is -0.384 e. The summed E-state index contributed by atoms with van der Waals surface area (Å²) in [7, 11) is 0. The number of rotatable bonds is 1. The van der Waals surface area contributed by atoms with Gasteiger partial charge in [0.15, 0.2) is 5.78 Å². The minimum absolute atomic E-state index is 0.0636. The van der Waals surface area contributed by atoms with Crippen molar-refractivity contribution in [3.05, 3.63) is 46.3 Å². The smallest absolute Gasteiger partial charge is 0.250 e. The Morgan fingerprint density at radius 2 is 2.00 bits per heavy atom. The molecule has 2 atom stereocenters. The molecule has 0 radical (unpaired) electrons. The molecule has 1 aromatic heterocycles. The first-order valence-electron chi connectivity index (χ1n) is 11.9. The highest BCUT2D eigenvalue weighted by Gasteiger charge is 2.37. The molecule has 1 amide bonds. The van der Waals surface area contributed by atoms with Crippen LogP contribution in [0.1, 0.15) is 70.8 Å². The van der Waals surface area contributed by atoms with Gasteiger partial charge in [-0.25, -0.2) is 0 Å². The van der Waals surface area contributed by atoms with Crippen LogP contribution in [-0.2, 0) is 12.8 Å². The molecule has 1 saturated heterocycles. The highest BCUT2D eigenvalue weighted by molar-refractivity contribution is 6.01. The lowest BCUT2D eigenvalue weighted by Crippen LogP contribution is -2.28. The number of carbonyl (C=O) groups is 2. The van der Waals surface area contributed by atoms with E-state index >= 15 is 0 Å². The summed E-state index contributed by atoms with van der Waals surface area (Å²) >= 11 is 0. The zero-order chi connectivity index (χ0) is 22.6. The number of aromatic nitrogens is 1. The number of amides is 1. The van der Waals surface area contributed by atoms with Gasteiger partial charge in [0.1, 0.15) is 0 Å².